The van der Waals surface area contributed by atoms with Gasteiger partial charge in [-0.1, -0.05) is 20.8 Å². The summed E-state index contributed by atoms with van der Waals surface area (Å²) >= 11 is 0. The van der Waals surface area contributed by atoms with Gasteiger partial charge in [0.1, 0.15) is 0 Å². The molecule has 17 heavy (non-hydrogen) atoms. The highest BCUT2D eigenvalue weighted by atomic mass is 16.2. The Bertz CT molecular complexity index is 255. The number of amides is 1. The maximum absolute atomic E-state index is 12.2. The first-order valence-corrected chi connectivity index (χ1v) is 6.70. The van der Waals surface area contributed by atoms with Crippen LogP contribution in [0.5, 0.6) is 0 Å². The number of hydrogen-bond donors (Lipinski definition) is 1. The second-order valence-electron chi connectivity index (χ2n) is 5.45. The minimum atomic E-state index is 0.0249. The topological polar surface area (TPSA) is 35.6 Å². The average Bonchev–Trinajstić information content (AvgIpc) is 2.51. The molecule has 2 unspecified atom stereocenters. The Kier molecular flexibility index (Phi) is 5.40. The fourth-order valence-corrected chi connectivity index (χ4v) is 2.22. The number of nitrogens with zero attached hydrogens (tertiary/aromatic N) is 2. The second kappa shape index (κ2) is 6.36. The monoisotopic (exact) mass is 241 g/mol. The lowest BCUT2D eigenvalue weighted by atomic mass is 10.0. The van der Waals surface area contributed by atoms with Crippen LogP contribution in [0.3, 0.4) is 0 Å². The summed E-state index contributed by atoms with van der Waals surface area (Å²) in [6, 6.07) is 0.0249. The zero-order valence-electron chi connectivity index (χ0n) is 11.9. The number of hydrogen-bond acceptors (Lipinski definition) is 3. The van der Waals surface area contributed by atoms with Gasteiger partial charge in [0.2, 0.25) is 5.91 Å². The molecule has 0 spiro atoms. The standard InChI is InChI=1S/C13H27N3O/c1-6-15(5)7-8-16-11(4)14-12(13(16)17)9-10(2)3/h10-12,14H,6-9H2,1-5H3. The Morgan fingerprint density at radius 2 is 2.12 bits per heavy atom. The van der Waals surface area contributed by atoms with Crippen molar-refractivity contribution in [1.29, 1.82) is 0 Å². The summed E-state index contributed by atoms with van der Waals surface area (Å²) in [5, 5.41) is 3.38. The summed E-state index contributed by atoms with van der Waals surface area (Å²) in [4.78, 5) is 16.4. The summed E-state index contributed by atoms with van der Waals surface area (Å²) in [7, 11) is 2.09. The maximum Gasteiger partial charge on any atom is 0.241 e. The van der Waals surface area contributed by atoms with Crippen LogP contribution in [-0.2, 0) is 4.79 Å². The molecule has 4 nitrogen and oxygen atoms in total. The number of likely N-dealkylation sites (N-methyl/N-ethyl adjacent to an activating group) is 1. The van der Waals surface area contributed by atoms with E-state index in [1.54, 1.807) is 0 Å². The van der Waals surface area contributed by atoms with E-state index in [0.29, 0.717) is 5.92 Å². The highest BCUT2D eigenvalue weighted by Gasteiger charge is 2.36. The van der Waals surface area contributed by atoms with Gasteiger partial charge in [-0.2, -0.15) is 0 Å². The van der Waals surface area contributed by atoms with Gasteiger partial charge < -0.3 is 9.80 Å². The molecule has 0 aromatic carbocycles. The van der Waals surface area contributed by atoms with Crippen LogP contribution in [0.1, 0.15) is 34.1 Å². The maximum atomic E-state index is 12.2. The van der Waals surface area contributed by atoms with Gasteiger partial charge in [-0.15, -0.1) is 0 Å². The first kappa shape index (κ1) is 14.5. The van der Waals surface area contributed by atoms with Crippen LogP contribution in [0.25, 0.3) is 0 Å². The first-order chi connectivity index (χ1) is 7.95. The van der Waals surface area contributed by atoms with E-state index in [-0.39, 0.29) is 18.1 Å². The Balaban J connectivity index is 2.47. The minimum Gasteiger partial charge on any atom is -0.325 e. The normalized spacial score (nSPS) is 25.4. The Labute approximate surface area is 105 Å². The van der Waals surface area contributed by atoms with Crippen molar-refractivity contribution >= 4 is 5.91 Å². The second-order valence-corrected chi connectivity index (χ2v) is 5.45. The SMILES string of the molecule is CCN(C)CCN1C(=O)C(CC(C)C)NC1C. The van der Waals surface area contributed by atoms with E-state index in [1.165, 1.54) is 0 Å². The van der Waals surface area contributed by atoms with Gasteiger partial charge in [-0.3, -0.25) is 10.1 Å². The van der Waals surface area contributed by atoms with Crippen molar-refractivity contribution in [3.63, 3.8) is 0 Å². The molecular weight excluding hydrogens is 214 g/mol. The summed E-state index contributed by atoms with van der Waals surface area (Å²) in [5.74, 6) is 0.831. The third kappa shape index (κ3) is 3.96. The molecule has 100 valence electrons. The number of carbonyl (C=O) groups excluding carboxylic acids is 1. The van der Waals surface area contributed by atoms with Crippen molar-refractivity contribution in [3.05, 3.63) is 0 Å². The van der Waals surface area contributed by atoms with Gasteiger partial charge in [-0.05, 0) is 32.9 Å². The fraction of sp³-hybridized carbons (Fsp3) is 0.923. The van der Waals surface area contributed by atoms with Gasteiger partial charge in [0.05, 0.1) is 12.2 Å². The summed E-state index contributed by atoms with van der Waals surface area (Å²) in [6.45, 7) is 11.3. The lowest BCUT2D eigenvalue weighted by Crippen LogP contribution is -2.40. The highest BCUT2D eigenvalue weighted by molar-refractivity contribution is 5.84. The van der Waals surface area contributed by atoms with Gasteiger partial charge in [-0.25, -0.2) is 0 Å². The predicted octanol–water partition coefficient (Wildman–Crippen LogP) is 1.13. The van der Waals surface area contributed by atoms with E-state index in [0.717, 1.165) is 26.1 Å². The van der Waals surface area contributed by atoms with Gasteiger partial charge in [0.15, 0.2) is 0 Å². The molecule has 1 N–H and O–H groups in total. The number of carbonyl (C=O) groups is 1. The van der Waals surface area contributed by atoms with E-state index in [2.05, 4.69) is 45.0 Å². The van der Waals surface area contributed by atoms with Crippen LogP contribution in [0, 0.1) is 5.92 Å². The van der Waals surface area contributed by atoms with E-state index in [9.17, 15) is 4.79 Å². The lowest BCUT2D eigenvalue weighted by Gasteiger charge is -2.23. The molecule has 1 rings (SSSR count). The quantitative estimate of drug-likeness (QED) is 0.757. The fourth-order valence-electron chi connectivity index (χ4n) is 2.22. The molecule has 1 saturated heterocycles. The van der Waals surface area contributed by atoms with Gasteiger partial charge in [0.25, 0.3) is 0 Å². The van der Waals surface area contributed by atoms with Gasteiger partial charge in [0, 0.05) is 13.1 Å². The molecule has 0 radical (unpaired) electrons. The molecule has 0 aromatic heterocycles. The molecule has 0 bridgehead atoms. The van der Waals surface area contributed by atoms with E-state index >= 15 is 0 Å². The predicted molar refractivity (Wildman–Crippen MR) is 70.7 cm³/mol. The molecule has 0 saturated carbocycles. The lowest BCUT2D eigenvalue weighted by molar-refractivity contribution is -0.130. The first-order valence-electron chi connectivity index (χ1n) is 6.70. The Hall–Kier alpha value is -0.610. The smallest absolute Gasteiger partial charge is 0.241 e. The molecular formula is C13H27N3O. The molecule has 1 aliphatic rings. The molecule has 0 aromatic rings. The zero-order chi connectivity index (χ0) is 13.0. The van der Waals surface area contributed by atoms with Crippen molar-refractivity contribution < 1.29 is 4.79 Å². The van der Waals surface area contributed by atoms with Crippen LogP contribution < -0.4 is 5.32 Å². The third-order valence-electron chi connectivity index (χ3n) is 3.46. The molecule has 1 amide bonds. The summed E-state index contributed by atoms with van der Waals surface area (Å²) in [6.07, 6.45) is 1.11. The molecule has 2 atom stereocenters. The van der Waals surface area contributed by atoms with E-state index in [4.69, 9.17) is 0 Å². The van der Waals surface area contributed by atoms with Crippen molar-refractivity contribution in [1.82, 2.24) is 15.1 Å². The van der Waals surface area contributed by atoms with Crippen LogP contribution in [0.15, 0.2) is 0 Å². The highest BCUT2D eigenvalue weighted by Crippen LogP contribution is 2.16. The third-order valence-corrected chi connectivity index (χ3v) is 3.46. The van der Waals surface area contributed by atoms with Crippen LogP contribution in [-0.4, -0.2) is 54.6 Å². The van der Waals surface area contributed by atoms with E-state index < -0.39 is 0 Å². The number of nitrogens with one attached hydrogen (secondary N) is 1. The summed E-state index contributed by atoms with van der Waals surface area (Å²) < 4.78 is 0. The number of rotatable bonds is 6. The van der Waals surface area contributed by atoms with Crippen LogP contribution in [0.2, 0.25) is 0 Å². The van der Waals surface area contributed by atoms with Crippen molar-refractivity contribution in [3.8, 4) is 0 Å². The minimum absolute atomic E-state index is 0.0249. The average molecular weight is 241 g/mol. The molecule has 0 aliphatic carbocycles. The van der Waals surface area contributed by atoms with Gasteiger partial charge >= 0.3 is 0 Å². The van der Waals surface area contributed by atoms with Crippen molar-refractivity contribution in [2.75, 3.05) is 26.7 Å². The molecule has 4 heteroatoms. The Morgan fingerprint density at radius 3 is 2.65 bits per heavy atom. The molecule has 1 fully saturated rings. The van der Waals surface area contributed by atoms with Crippen molar-refractivity contribution in [2.24, 2.45) is 5.92 Å². The van der Waals surface area contributed by atoms with E-state index in [1.807, 2.05) is 4.90 Å². The molecule has 1 aliphatic heterocycles. The zero-order valence-corrected chi connectivity index (χ0v) is 11.9. The van der Waals surface area contributed by atoms with Crippen LogP contribution in [0.4, 0.5) is 0 Å². The Morgan fingerprint density at radius 1 is 1.47 bits per heavy atom. The summed E-state index contributed by atoms with van der Waals surface area (Å²) in [5.41, 5.74) is 0. The molecule has 1 heterocycles. The van der Waals surface area contributed by atoms with Crippen molar-refractivity contribution in [2.45, 2.75) is 46.3 Å². The largest absolute Gasteiger partial charge is 0.325 e. The van der Waals surface area contributed by atoms with Crippen LogP contribution >= 0.6 is 0 Å².